The van der Waals surface area contributed by atoms with Crippen molar-refractivity contribution in [3.63, 3.8) is 0 Å². The summed E-state index contributed by atoms with van der Waals surface area (Å²) in [5.74, 6) is 0. The first-order chi connectivity index (χ1) is 8.29. The first kappa shape index (κ1) is 11.7. The molecule has 0 spiro atoms. The Morgan fingerprint density at radius 1 is 1.00 bits per heavy atom. The number of benzene rings is 2. The molecule has 1 nitrogen and oxygen atoms in total. The van der Waals surface area contributed by atoms with E-state index in [1.54, 1.807) is 0 Å². The fourth-order valence-corrected chi connectivity index (χ4v) is 1.91. The topological polar surface area (TPSA) is 12.0 Å². The maximum Gasteiger partial charge on any atom is 0.0403 e. The maximum absolute atomic E-state index is 3.48. The number of aryl methyl sites for hydroxylation is 2. The van der Waals surface area contributed by atoms with Gasteiger partial charge in [0, 0.05) is 12.2 Å². The summed E-state index contributed by atoms with van der Waals surface area (Å²) in [5.41, 5.74) is 5.27. The van der Waals surface area contributed by atoms with Gasteiger partial charge >= 0.3 is 0 Å². The average molecular weight is 225 g/mol. The third-order valence-corrected chi connectivity index (χ3v) is 3.08. The van der Waals surface area contributed by atoms with Gasteiger partial charge in [0.2, 0.25) is 0 Å². The molecule has 88 valence electrons. The largest absolute Gasteiger partial charge is 0.381 e. The number of rotatable bonds is 4. The first-order valence-electron chi connectivity index (χ1n) is 6.17. The van der Waals surface area contributed by atoms with Crippen molar-refractivity contribution >= 4 is 5.69 Å². The fourth-order valence-electron chi connectivity index (χ4n) is 1.91. The molecule has 0 aromatic heterocycles. The van der Waals surface area contributed by atoms with Crippen molar-refractivity contribution in [2.24, 2.45) is 0 Å². The Hall–Kier alpha value is -1.76. The van der Waals surface area contributed by atoms with E-state index in [4.69, 9.17) is 0 Å². The Bertz CT molecular complexity index is 488. The molecular formula is C16H19N. The molecule has 1 heteroatoms. The third-order valence-electron chi connectivity index (χ3n) is 3.08. The van der Waals surface area contributed by atoms with Gasteiger partial charge in [0.25, 0.3) is 0 Å². The summed E-state index contributed by atoms with van der Waals surface area (Å²) in [6, 6.07) is 17.1. The molecular weight excluding hydrogens is 206 g/mol. The fraction of sp³-hybridized carbons (Fsp3) is 0.250. The molecule has 2 rings (SSSR count). The summed E-state index contributed by atoms with van der Waals surface area (Å²) >= 11 is 0. The average Bonchev–Trinajstić information content (AvgIpc) is 2.38. The molecule has 0 bridgehead atoms. The highest BCUT2D eigenvalue weighted by Gasteiger charge is 1.97. The quantitative estimate of drug-likeness (QED) is 0.823. The monoisotopic (exact) mass is 225 g/mol. The van der Waals surface area contributed by atoms with Crippen LogP contribution in [0.25, 0.3) is 0 Å². The molecule has 0 saturated heterocycles. The summed E-state index contributed by atoms with van der Waals surface area (Å²) < 4.78 is 0. The molecule has 2 aromatic carbocycles. The van der Waals surface area contributed by atoms with Crippen LogP contribution in [0, 0.1) is 6.92 Å². The molecule has 0 heterocycles. The van der Waals surface area contributed by atoms with E-state index in [-0.39, 0.29) is 0 Å². The summed E-state index contributed by atoms with van der Waals surface area (Å²) in [5, 5.41) is 3.48. The van der Waals surface area contributed by atoms with Crippen LogP contribution < -0.4 is 5.32 Å². The van der Waals surface area contributed by atoms with Gasteiger partial charge in [-0.2, -0.15) is 0 Å². The van der Waals surface area contributed by atoms with Crippen LogP contribution in [-0.2, 0) is 13.0 Å². The van der Waals surface area contributed by atoms with Gasteiger partial charge in [0.1, 0.15) is 0 Å². The number of anilines is 1. The van der Waals surface area contributed by atoms with E-state index in [9.17, 15) is 0 Å². The molecule has 0 unspecified atom stereocenters. The van der Waals surface area contributed by atoms with Gasteiger partial charge in [0.15, 0.2) is 0 Å². The lowest BCUT2D eigenvalue weighted by atomic mass is 10.1. The lowest BCUT2D eigenvalue weighted by Gasteiger charge is -2.09. The van der Waals surface area contributed by atoms with Gasteiger partial charge in [-0.05, 0) is 42.2 Å². The molecule has 0 atom stereocenters. The van der Waals surface area contributed by atoms with Gasteiger partial charge in [-0.15, -0.1) is 0 Å². The van der Waals surface area contributed by atoms with Crippen LogP contribution in [0.1, 0.15) is 23.6 Å². The van der Waals surface area contributed by atoms with Crippen LogP contribution in [0.2, 0.25) is 0 Å². The molecule has 0 amide bonds. The predicted molar refractivity (Wildman–Crippen MR) is 74.3 cm³/mol. The van der Waals surface area contributed by atoms with Crippen molar-refractivity contribution in [2.75, 3.05) is 5.32 Å². The lowest BCUT2D eigenvalue weighted by molar-refractivity contribution is 1.10. The molecule has 0 saturated carbocycles. The normalized spacial score (nSPS) is 10.2. The minimum Gasteiger partial charge on any atom is -0.381 e. The molecule has 17 heavy (non-hydrogen) atoms. The van der Waals surface area contributed by atoms with Crippen molar-refractivity contribution in [2.45, 2.75) is 26.8 Å². The molecule has 2 aromatic rings. The molecule has 0 aliphatic carbocycles. The maximum atomic E-state index is 3.48. The highest BCUT2D eigenvalue weighted by atomic mass is 14.9. The first-order valence-corrected chi connectivity index (χ1v) is 6.17. The second-order valence-electron chi connectivity index (χ2n) is 4.33. The Kier molecular flexibility index (Phi) is 3.81. The summed E-state index contributed by atoms with van der Waals surface area (Å²) in [4.78, 5) is 0. The minimum absolute atomic E-state index is 0.889. The molecule has 0 fully saturated rings. The Morgan fingerprint density at radius 2 is 1.82 bits per heavy atom. The molecule has 0 aliphatic heterocycles. The lowest BCUT2D eigenvalue weighted by Crippen LogP contribution is -2.01. The van der Waals surface area contributed by atoms with Gasteiger partial charge in [-0.25, -0.2) is 0 Å². The van der Waals surface area contributed by atoms with E-state index in [0.29, 0.717) is 0 Å². The Morgan fingerprint density at radius 3 is 2.59 bits per heavy atom. The van der Waals surface area contributed by atoms with E-state index in [1.165, 1.54) is 22.4 Å². The van der Waals surface area contributed by atoms with Gasteiger partial charge < -0.3 is 5.32 Å². The highest BCUT2D eigenvalue weighted by molar-refractivity contribution is 5.46. The summed E-state index contributed by atoms with van der Waals surface area (Å²) in [6.45, 7) is 5.22. The van der Waals surface area contributed by atoms with E-state index in [1.807, 2.05) is 0 Å². The molecule has 0 radical (unpaired) electrons. The SMILES string of the molecule is CCc1cccc(NCc2ccccc2C)c1. The van der Waals surface area contributed by atoms with Crippen molar-refractivity contribution in [1.82, 2.24) is 0 Å². The van der Waals surface area contributed by atoms with Crippen LogP contribution in [0.15, 0.2) is 48.5 Å². The standard InChI is InChI=1S/C16H19N/c1-3-14-8-6-10-16(11-14)17-12-15-9-5-4-7-13(15)2/h4-11,17H,3,12H2,1-2H3. The molecule has 0 aliphatic rings. The van der Waals surface area contributed by atoms with Crippen molar-refractivity contribution in [3.8, 4) is 0 Å². The smallest absolute Gasteiger partial charge is 0.0403 e. The van der Waals surface area contributed by atoms with Gasteiger partial charge in [-0.3, -0.25) is 0 Å². The summed E-state index contributed by atoms with van der Waals surface area (Å²) in [6.07, 6.45) is 1.08. The van der Waals surface area contributed by atoms with Crippen LogP contribution in [0.4, 0.5) is 5.69 Å². The zero-order chi connectivity index (χ0) is 12.1. The third kappa shape index (κ3) is 3.10. The van der Waals surface area contributed by atoms with Crippen molar-refractivity contribution < 1.29 is 0 Å². The molecule has 1 N–H and O–H groups in total. The van der Waals surface area contributed by atoms with Crippen molar-refractivity contribution in [3.05, 3.63) is 65.2 Å². The summed E-state index contributed by atoms with van der Waals surface area (Å²) in [7, 11) is 0. The second-order valence-corrected chi connectivity index (χ2v) is 4.33. The van der Waals surface area contributed by atoms with Crippen LogP contribution in [0.3, 0.4) is 0 Å². The van der Waals surface area contributed by atoms with Gasteiger partial charge in [-0.1, -0.05) is 43.3 Å². The second kappa shape index (κ2) is 5.53. The van der Waals surface area contributed by atoms with E-state index < -0.39 is 0 Å². The number of hydrogen-bond acceptors (Lipinski definition) is 1. The van der Waals surface area contributed by atoms with Crippen LogP contribution in [-0.4, -0.2) is 0 Å². The number of hydrogen-bond donors (Lipinski definition) is 1. The number of nitrogens with one attached hydrogen (secondary N) is 1. The zero-order valence-corrected chi connectivity index (χ0v) is 10.5. The predicted octanol–water partition coefficient (Wildman–Crippen LogP) is 4.17. The zero-order valence-electron chi connectivity index (χ0n) is 10.5. The minimum atomic E-state index is 0.889. The van der Waals surface area contributed by atoms with Crippen molar-refractivity contribution in [1.29, 1.82) is 0 Å². The van der Waals surface area contributed by atoms with E-state index >= 15 is 0 Å². The highest BCUT2D eigenvalue weighted by Crippen LogP contribution is 2.14. The van der Waals surface area contributed by atoms with E-state index in [2.05, 4.69) is 67.7 Å². The van der Waals surface area contributed by atoms with Gasteiger partial charge in [0.05, 0.1) is 0 Å². The van der Waals surface area contributed by atoms with Crippen LogP contribution >= 0.6 is 0 Å². The Labute approximate surface area is 103 Å². The van der Waals surface area contributed by atoms with Crippen LogP contribution in [0.5, 0.6) is 0 Å². The Balaban J connectivity index is 2.05. The van der Waals surface area contributed by atoms with E-state index in [0.717, 1.165) is 13.0 Å².